The number of H-pyrrole nitrogens is 1. The predicted molar refractivity (Wildman–Crippen MR) is 79.3 cm³/mol. The van der Waals surface area contributed by atoms with Crippen LogP contribution in [0.25, 0.3) is 0 Å². The lowest BCUT2D eigenvalue weighted by Crippen LogP contribution is -2.26. The van der Waals surface area contributed by atoms with Crippen molar-refractivity contribution in [1.82, 2.24) is 10.2 Å². The standard InChI is InChI=1S/C16H20N4O/c1-2-6-12-14-13(10-7-4-3-5-8-10)11(9-17)15(18)21-16(14)20-19-12/h3-4,10,13H,2,5-8,18H2,1H3,(H,19,20)/t10-,13+/m0/s1. The minimum Gasteiger partial charge on any atom is -0.420 e. The van der Waals surface area contributed by atoms with Gasteiger partial charge in [0.2, 0.25) is 11.8 Å². The monoisotopic (exact) mass is 284 g/mol. The van der Waals surface area contributed by atoms with E-state index in [1.807, 2.05) is 0 Å². The zero-order chi connectivity index (χ0) is 14.8. The molecule has 0 saturated heterocycles. The van der Waals surface area contributed by atoms with E-state index in [4.69, 9.17) is 10.5 Å². The number of rotatable bonds is 3. The van der Waals surface area contributed by atoms with Crippen molar-refractivity contribution in [2.45, 2.75) is 44.9 Å². The Balaban J connectivity index is 2.07. The van der Waals surface area contributed by atoms with E-state index in [2.05, 4.69) is 35.3 Å². The van der Waals surface area contributed by atoms with Gasteiger partial charge < -0.3 is 10.5 Å². The molecule has 1 aromatic rings. The Hall–Kier alpha value is -2.22. The third kappa shape index (κ3) is 2.31. The molecule has 2 aliphatic rings. The molecule has 21 heavy (non-hydrogen) atoms. The highest BCUT2D eigenvalue weighted by Gasteiger charge is 2.38. The molecule has 5 heteroatoms. The number of nitrogens with one attached hydrogen (secondary N) is 1. The van der Waals surface area contributed by atoms with Crippen LogP contribution in [0.2, 0.25) is 0 Å². The van der Waals surface area contributed by atoms with Gasteiger partial charge in [-0.05, 0) is 31.6 Å². The maximum absolute atomic E-state index is 9.53. The summed E-state index contributed by atoms with van der Waals surface area (Å²) >= 11 is 0. The van der Waals surface area contributed by atoms with Crippen LogP contribution in [0.3, 0.4) is 0 Å². The van der Waals surface area contributed by atoms with E-state index in [9.17, 15) is 5.26 Å². The Morgan fingerprint density at radius 1 is 1.52 bits per heavy atom. The van der Waals surface area contributed by atoms with Crippen molar-refractivity contribution in [2.75, 3.05) is 0 Å². The first kappa shape index (κ1) is 13.7. The number of hydrogen-bond donors (Lipinski definition) is 2. The normalized spacial score (nSPS) is 24.4. The van der Waals surface area contributed by atoms with Crippen molar-refractivity contribution >= 4 is 0 Å². The Morgan fingerprint density at radius 2 is 2.38 bits per heavy atom. The van der Waals surface area contributed by atoms with Crippen LogP contribution in [0.1, 0.15) is 49.8 Å². The Labute approximate surface area is 124 Å². The average Bonchev–Trinajstić information content (AvgIpc) is 2.89. The van der Waals surface area contributed by atoms with Crippen molar-refractivity contribution < 1.29 is 4.74 Å². The predicted octanol–water partition coefficient (Wildman–Crippen LogP) is 2.89. The van der Waals surface area contributed by atoms with Crippen molar-refractivity contribution in [1.29, 1.82) is 5.26 Å². The van der Waals surface area contributed by atoms with E-state index in [1.54, 1.807) is 0 Å². The summed E-state index contributed by atoms with van der Waals surface area (Å²) in [6.45, 7) is 2.13. The fourth-order valence-corrected chi connectivity index (χ4v) is 3.38. The second-order valence-corrected chi connectivity index (χ2v) is 5.68. The molecule has 110 valence electrons. The summed E-state index contributed by atoms with van der Waals surface area (Å²) in [5, 5.41) is 16.8. The molecule has 2 heterocycles. The molecule has 0 fully saturated rings. The zero-order valence-corrected chi connectivity index (χ0v) is 12.2. The first-order valence-corrected chi connectivity index (χ1v) is 7.56. The maximum Gasteiger partial charge on any atom is 0.243 e. The van der Waals surface area contributed by atoms with Gasteiger partial charge in [0.25, 0.3) is 0 Å². The van der Waals surface area contributed by atoms with Crippen LogP contribution in [-0.4, -0.2) is 10.2 Å². The Bertz CT molecular complexity index is 635. The summed E-state index contributed by atoms with van der Waals surface area (Å²) in [5.74, 6) is 1.15. The number of nitrogens with zero attached hydrogens (tertiary/aromatic N) is 2. The summed E-state index contributed by atoms with van der Waals surface area (Å²) in [7, 11) is 0. The lowest BCUT2D eigenvalue weighted by molar-refractivity contribution is 0.339. The highest BCUT2D eigenvalue weighted by Crippen LogP contribution is 2.46. The number of aromatic amines is 1. The minimum absolute atomic E-state index is 0.00370. The molecule has 2 atom stereocenters. The molecule has 1 aromatic heterocycles. The van der Waals surface area contributed by atoms with Gasteiger partial charge in [-0.15, -0.1) is 5.10 Å². The van der Waals surface area contributed by atoms with E-state index in [0.29, 0.717) is 17.4 Å². The summed E-state index contributed by atoms with van der Waals surface area (Å²) in [6, 6.07) is 2.26. The minimum atomic E-state index is 0.00370. The molecular formula is C16H20N4O. The number of ether oxygens (including phenoxy) is 1. The van der Waals surface area contributed by atoms with E-state index in [-0.39, 0.29) is 11.8 Å². The smallest absolute Gasteiger partial charge is 0.243 e. The number of fused-ring (bicyclic) bond motifs is 1. The Morgan fingerprint density at radius 3 is 3.05 bits per heavy atom. The van der Waals surface area contributed by atoms with Crippen LogP contribution in [0.5, 0.6) is 5.88 Å². The van der Waals surface area contributed by atoms with Gasteiger partial charge in [0.15, 0.2) is 0 Å². The second kappa shape index (κ2) is 5.65. The van der Waals surface area contributed by atoms with Gasteiger partial charge in [0, 0.05) is 17.2 Å². The zero-order valence-electron chi connectivity index (χ0n) is 12.2. The molecule has 3 N–H and O–H groups in total. The quantitative estimate of drug-likeness (QED) is 0.835. The maximum atomic E-state index is 9.53. The topological polar surface area (TPSA) is 87.7 Å². The van der Waals surface area contributed by atoms with Crippen LogP contribution in [0.4, 0.5) is 0 Å². The number of hydrogen-bond acceptors (Lipinski definition) is 4. The van der Waals surface area contributed by atoms with Gasteiger partial charge in [-0.3, -0.25) is 5.10 Å². The number of allylic oxidation sites excluding steroid dienone is 3. The lowest BCUT2D eigenvalue weighted by Gasteiger charge is -2.31. The van der Waals surface area contributed by atoms with Crippen LogP contribution >= 0.6 is 0 Å². The van der Waals surface area contributed by atoms with E-state index in [0.717, 1.165) is 43.4 Å². The molecule has 0 spiro atoms. The van der Waals surface area contributed by atoms with Crippen LogP contribution < -0.4 is 10.5 Å². The third-order valence-electron chi connectivity index (χ3n) is 4.34. The molecule has 0 aromatic carbocycles. The number of aromatic nitrogens is 2. The van der Waals surface area contributed by atoms with Crippen molar-refractivity contribution in [2.24, 2.45) is 11.7 Å². The van der Waals surface area contributed by atoms with Crippen LogP contribution in [-0.2, 0) is 6.42 Å². The largest absolute Gasteiger partial charge is 0.420 e. The van der Waals surface area contributed by atoms with Crippen LogP contribution in [0, 0.1) is 17.2 Å². The van der Waals surface area contributed by atoms with Crippen molar-refractivity contribution in [3.8, 4) is 11.9 Å². The van der Waals surface area contributed by atoms with Gasteiger partial charge in [0.05, 0.1) is 5.57 Å². The van der Waals surface area contributed by atoms with Gasteiger partial charge in [0.1, 0.15) is 6.07 Å². The third-order valence-corrected chi connectivity index (χ3v) is 4.34. The van der Waals surface area contributed by atoms with Gasteiger partial charge >= 0.3 is 0 Å². The first-order chi connectivity index (χ1) is 10.3. The molecule has 1 aliphatic heterocycles. The average molecular weight is 284 g/mol. The summed E-state index contributed by atoms with van der Waals surface area (Å²) in [5.41, 5.74) is 8.63. The van der Waals surface area contributed by atoms with E-state index in [1.165, 1.54) is 0 Å². The highest BCUT2D eigenvalue weighted by molar-refractivity contribution is 5.49. The van der Waals surface area contributed by atoms with E-state index < -0.39 is 0 Å². The Kier molecular flexibility index (Phi) is 3.70. The molecule has 3 rings (SSSR count). The van der Waals surface area contributed by atoms with Crippen LogP contribution in [0.15, 0.2) is 23.6 Å². The molecule has 0 radical (unpaired) electrons. The van der Waals surface area contributed by atoms with Crippen molar-refractivity contribution in [3.63, 3.8) is 0 Å². The number of aryl methyl sites for hydroxylation is 1. The molecule has 0 bridgehead atoms. The molecule has 5 nitrogen and oxygen atoms in total. The van der Waals surface area contributed by atoms with Gasteiger partial charge in [-0.25, -0.2) is 0 Å². The van der Waals surface area contributed by atoms with Gasteiger partial charge in [-0.2, -0.15) is 5.26 Å². The number of nitrogens with two attached hydrogens (primary N) is 1. The van der Waals surface area contributed by atoms with Gasteiger partial charge in [-0.1, -0.05) is 25.5 Å². The molecular weight excluding hydrogens is 264 g/mol. The summed E-state index contributed by atoms with van der Waals surface area (Å²) in [6.07, 6.45) is 9.43. The highest BCUT2D eigenvalue weighted by atomic mass is 16.5. The molecule has 0 amide bonds. The lowest BCUT2D eigenvalue weighted by atomic mass is 9.74. The molecule has 1 aliphatic carbocycles. The fraction of sp³-hybridized carbons (Fsp3) is 0.500. The first-order valence-electron chi connectivity index (χ1n) is 7.56. The van der Waals surface area contributed by atoms with Crippen molar-refractivity contribution in [3.05, 3.63) is 34.9 Å². The number of nitriles is 1. The SMILES string of the molecule is CCCc1[nH]nc2c1[C@H]([C@H]1CC=CCC1)C(C#N)=C(N)O2. The molecule has 0 unspecified atom stereocenters. The summed E-state index contributed by atoms with van der Waals surface area (Å²) < 4.78 is 5.56. The second-order valence-electron chi connectivity index (χ2n) is 5.68. The van der Waals surface area contributed by atoms with E-state index >= 15 is 0 Å². The molecule has 0 saturated carbocycles. The fourth-order valence-electron chi connectivity index (χ4n) is 3.38. The summed E-state index contributed by atoms with van der Waals surface area (Å²) in [4.78, 5) is 0.